The molecular formula is C21H24FN3O3S. The van der Waals surface area contributed by atoms with Gasteiger partial charge in [0.25, 0.3) is 11.8 Å². The van der Waals surface area contributed by atoms with E-state index in [0.29, 0.717) is 23.5 Å². The number of aryl methyl sites for hydroxylation is 1. The van der Waals surface area contributed by atoms with E-state index in [4.69, 9.17) is 0 Å². The lowest BCUT2D eigenvalue weighted by atomic mass is 9.97. The van der Waals surface area contributed by atoms with Gasteiger partial charge in [-0.05, 0) is 48.9 Å². The summed E-state index contributed by atoms with van der Waals surface area (Å²) in [6.45, 7) is 3.20. The van der Waals surface area contributed by atoms with Crippen LogP contribution >= 0.6 is 11.3 Å². The molecule has 1 saturated heterocycles. The van der Waals surface area contributed by atoms with Gasteiger partial charge in [-0.2, -0.15) is 0 Å². The van der Waals surface area contributed by atoms with Crippen molar-refractivity contribution >= 4 is 29.1 Å². The average Bonchev–Trinajstić information content (AvgIpc) is 3.27. The van der Waals surface area contributed by atoms with Crippen molar-refractivity contribution in [3.63, 3.8) is 0 Å². The Bertz CT molecular complexity index is 885. The van der Waals surface area contributed by atoms with Crippen molar-refractivity contribution in [3.8, 4) is 0 Å². The molecular weight excluding hydrogens is 393 g/mol. The summed E-state index contributed by atoms with van der Waals surface area (Å²) in [6.07, 6.45) is 1.51. The summed E-state index contributed by atoms with van der Waals surface area (Å²) < 4.78 is 13.6. The van der Waals surface area contributed by atoms with Gasteiger partial charge in [-0.25, -0.2) is 4.39 Å². The molecule has 29 heavy (non-hydrogen) atoms. The lowest BCUT2D eigenvalue weighted by Crippen LogP contribution is -2.46. The van der Waals surface area contributed by atoms with Crippen molar-refractivity contribution < 1.29 is 18.8 Å². The van der Waals surface area contributed by atoms with E-state index in [9.17, 15) is 18.8 Å². The van der Waals surface area contributed by atoms with Crippen LogP contribution < -0.4 is 10.6 Å². The highest BCUT2D eigenvalue weighted by Crippen LogP contribution is 2.20. The second-order valence-corrected chi connectivity index (χ2v) is 8.03. The van der Waals surface area contributed by atoms with Gasteiger partial charge in [0.05, 0.1) is 10.8 Å². The largest absolute Gasteiger partial charge is 0.354 e. The van der Waals surface area contributed by atoms with Crippen LogP contribution in [0.15, 0.2) is 35.7 Å². The van der Waals surface area contributed by atoms with Crippen molar-refractivity contribution in [2.45, 2.75) is 19.8 Å². The third kappa shape index (κ3) is 5.41. The molecule has 0 bridgehead atoms. The maximum absolute atomic E-state index is 13.6. The Morgan fingerprint density at radius 3 is 2.72 bits per heavy atom. The predicted molar refractivity (Wildman–Crippen MR) is 109 cm³/mol. The van der Waals surface area contributed by atoms with Gasteiger partial charge >= 0.3 is 0 Å². The minimum atomic E-state index is -0.426. The Labute approximate surface area is 173 Å². The number of nitrogens with zero attached hydrogens (tertiary/aromatic N) is 1. The molecule has 1 aliphatic rings. The number of piperidine rings is 1. The number of hydrogen-bond acceptors (Lipinski definition) is 4. The first-order chi connectivity index (χ1) is 14.0. The lowest BCUT2D eigenvalue weighted by Gasteiger charge is -2.31. The first-order valence-electron chi connectivity index (χ1n) is 9.60. The number of rotatable bonds is 6. The highest BCUT2D eigenvalue weighted by Gasteiger charge is 2.29. The molecule has 8 heteroatoms. The van der Waals surface area contributed by atoms with Crippen molar-refractivity contribution in [1.82, 2.24) is 15.5 Å². The molecule has 6 nitrogen and oxygen atoms in total. The number of carbonyl (C=O) groups excluding carboxylic acids is 3. The van der Waals surface area contributed by atoms with Crippen molar-refractivity contribution in [2.75, 3.05) is 26.2 Å². The van der Waals surface area contributed by atoms with Crippen LogP contribution in [0.25, 0.3) is 0 Å². The van der Waals surface area contributed by atoms with Crippen LogP contribution in [0, 0.1) is 18.7 Å². The molecule has 1 aromatic carbocycles. The third-order valence-corrected chi connectivity index (χ3v) is 5.81. The smallest absolute Gasteiger partial charge is 0.263 e. The molecule has 1 aliphatic heterocycles. The summed E-state index contributed by atoms with van der Waals surface area (Å²) >= 11 is 1.40. The van der Waals surface area contributed by atoms with Crippen LogP contribution in [0.5, 0.6) is 0 Å². The maximum Gasteiger partial charge on any atom is 0.263 e. The number of amides is 3. The highest BCUT2D eigenvalue weighted by molar-refractivity contribution is 7.12. The summed E-state index contributed by atoms with van der Waals surface area (Å²) in [7, 11) is 0. The summed E-state index contributed by atoms with van der Waals surface area (Å²) in [5.74, 6) is -1.22. The molecule has 1 fully saturated rings. The van der Waals surface area contributed by atoms with E-state index in [1.54, 1.807) is 30.0 Å². The van der Waals surface area contributed by atoms with Gasteiger partial charge < -0.3 is 15.5 Å². The molecule has 3 rings (SSSR count). The molecule has 2 heterocycles. The Balaban J connectivity index is 1.42. The van der Waals surface area contributed by atoms with Gasteiger partial charge in [-0.15, -0.1) is 11.3 Å². The molecule has 2 aromatic rings. The van der Waals surface area contributed by atoms with E-state index < -0.39 is 5.82 Å². The molecule has 1 atom stereocenters. The van der Waals surface area contributed by atoms with Gasteiger partial charge in [-0.1, -0.05) is 12.1 Å². The SMILES string of the molecule is Cc1ccc(C(=O)NCCNC(=O)C2CCCN(C(=O)c3cccs3)C2)cc1F. The van der Waals surface area contributed by atoms with E-state index in [1.807, 2.05) is 11.4 Å². The molecule has 1 unspecified atom stereocenters. The number of benzene rings is 1. The average molecular weight is 418 g/mol. The van der Waals surface area contributed by atoms with E-state index in [0.717, 1.165) is 12.8 Å². The van der Waals surface area contributed by atoms with Crippen LogP contribution in [0.4, 0.5) is 4.39 Å². The van der Waals surface area contributed by atoms with Crippen LogP contribution in [0.2, 0.25) is 0 Å². The topological polar surface area (TPSA) is 78.5 Å². The molecule has 1 aromatic heterocycles. The van der Waals surface area contributed by atoms with Gasteiger partial charge in [0.2, 0.25) is 5.91 Å². The quantitative estimate of drug-likeness (QED) is 0.709. The zero-order valence-corrected chi connectivity index (χ0v) is 17.1. The summed E-state index contributed by atoms with van der Waals surface area (Å²) in [6, 6.07) is 7.95. The van der Waals surface area contributed by atoms with Gasteiger partial charge in [0.15, 0.2) is 0 Å². The van der Waals surface area contributed by atoms with E-state index >= 15 is 0 Å². The van der Waals surface area contributed by atoms with Gasteiger partial charge in [0.1, 0.15) is 5.82 Å². The normalized spacial score (nSPS) is 16.3. The van der Waals surface area contributed by atoms with Crippen LogP contribution in [0.3, 0.4) is 0 Å². The van der Waals surface area contributed by atoms with Crippen molar-refractivity contribution in [1.29, 1.82) is 0 Å². The molecule has 0 spiro atoms. The zero-order valence-electron chi connectivity index (χ0n) is 16.2. The number of carbonyl (C=O) groups is 3. The number of thiophene rings is 1. The Morgan fingerprint density at radius 2 is 2.00 bits per heavy atom. The fourth-order valence-corrected chi connectivity index (χ4v) is 3.96. The predicted octanol–water partition coefficient (Wildman–Crippen LogP) is 2.59. The Hall–Kier alpha value is -2.74. The first kappa shape index (κ1) is 21.0. The fourth-order valence-electron chi connectivity index (χ4n) is 3.27. The van der Waals surface area contributed by atoms with E-state index in [-0.39, 0.29) is 42.3 Å². The maximum atomic E-state index is 13.6. The monoisotopic (exact) mass is 417 g/mol. The lowest BCUT2D eigenvalue weighted by molar-refractivity contribution is -0.126. The van der Waals surface area contributed by atoms with Crippen molar-refractivity contribution in [3.05, 3.63) is 57.5 Å². The Morgan fingerprint density at radius 1 is 1.21 bits per heavy atom. The van der Waals surface area contributed by atoms with Crippen LogP contribution in [-0.4, -0.2) is 48.8 Å². The molecule has 0 aliphatic carbocycles. The van der Waals surface area contributed by atoms with Crippen molar-refractivity contribution in [2.24, 2.45) is 5.92 Å². The molecule has 2 N–H and O–H groups in total. The number of halogens is 1. The molecule has 154 valence electrons. The first-order valence-corrected chi connectivity index (χ1v) is 10.5. The zero-order chi connectivity index (χ0) is 20.8. The summed E-state index contributed by atoms with van der Waals surface area (Å²) in [5, 5.41) is 7.34. The van der Waals surface area contributed by atoms with Crippen LogP contribution in [0.1, 0.15) is 38.4 Å². The van der Waals surface area contributed by atoms with E-state index in [2.05, 4.69) is 10.6 Å². The summed E-state index contributed by atoms with van der Waals surface area (Å²) in [5.41, 5.74) is 0.724. The molecule has 0 saturated carbocycles. The minimum Gasteiger partial charge on any atom is -0.354 e. The van der Waals surface area contributed by atoms with Gasteiger partial charge in [0, 0.05) is 31.7 Å². The second kappa shape index (κ2) is 9.65. The van der Waals surface area contributed by atoms with E-state index in [1.165, 1.54) is 17.4 Å². The second-order valence-electron chi connectivity index (χ2n) is 7.08. The standard InChI is InChI=1S/C21H24FN3O3S/c1-14-6-7-15(12-17(14)22)19(26)23-8-9-24-20(27)16-4-2-10-25(13-16)21(28)18-5-3-11-29-18/h3,5-7,11-12,16H,2,4,8-10,13H2,1H3,(H,23,26)(H,24,27). The number of likely N-dealkylation sites (tertiary alicyclic amines) is 1. The number of nitrogens with one attached hydrogen (secondary N) is 2. The van der Waals surface area contributed by atoms with Gasteiger partial charge in [-0.3, -0.25) is 14.4 Å². The molecule has 3 amide bonds. The highest BCUT2D eigenvalue weighted by atomic mass is 32.1. The third-order valence-electron chi connectivity index (χ3n) is 4.96. The number of hydrogen-bond donors (Lipinski definition) is 2. The minimum absolute atomic E-state index is 0.0323. The van der Waals surface area contributed by atoms with Crippen LogP contribution in [-0.2, 0) is 4.79 Å². The molecule has 0 radical (unpaired) electrons. The summed E-state index contributed by atoms with van der Waals surface area (Å²) in [4.78, 5) is 39.4. The Kier molecular flexibility index (Phi) is 6.98. The fraction of sp³-hybridized carbons (Fsp3) is 0.381.